The smallest absolute Gasteiger partial charge is 0.252 e. The minimum atomic E-state index is -0.405. The van der Waals surface area contributed by atoms with Crippen molar-refractivity contribution in [3.8, 4) is 0 Å². The van der Waals surface area contributed by atoms with Gasteiger partial charge in [0.1, 0.15) is 0 Å². The molecule has 1 aliphatic heterocycles. The summed E-state index contributed by atoms with van der Waals surface area (Å²) in [7, 11) is 6.23. The van der Waals surface area contributed by atoms with Crippen LogP contribution in [0.4, 0.5) is 0 Å². The molecule has 1 fully saturated rings. The monoisotopic (exact) mass is 514 g/mol. The Morgan fingerprint density at radius 3 is 2.43 bits per heavy atom. The number of rotatable bonds is 7. The van der Waals surface area contributed by atoms with Gasteiger partial charge in [-0.25, -0.2) is 0 Å². The maximum Gasteiger partial charge on any atom is 0.252 e. The second kappa shape index (κ2) is 10.5. The number of piperidine rings is 1. The van der Waals surface area contributed by atoms with Crippen molar-refractivity contribution in [2.75, 3.05) is 27.2 Å². The van der Waals surface area contributed by atoms with Gasteiger partial charge in [0.25, 0.3) is 5.91 Å². The molecule has 1 saturated heterocycles. The van der Waals surface area contributed by atoms with Gasteiger partial charge in [-0.05, 0) is 62.1 Å². The predicted molar refractivity (Wildman–Crippen MR) is 150 cm³/mol. The molecule has 1 atom stereocenters. The normalized spacial score (nSPS) is 16.2. The van der Waals surface area contributed by atoms with Gasteiger partial charge in [-0.15, -0.1) is 11.3 Å². The van der Waals surface area contributed by atoms with E-state index in [0.29, 0.717) is 18.7 Å². The number of nitrogens with zero attached hydrogens (tertiary/aromatic N) is 3. The summed E-state index contributed by atoms with van der Waals surface area (Å²) in [4.78, 5) is 32.6. The van der Waals surface area contributed by atoms with Crippen LogP contribution in [0.25, 0.3) is 10.9 Å². The lowest BCUT2D eigenvalue weighted by Gasteiger charge is -2.46. The fourth-order valence-electron chi connectivity index (χ4n) is 5.56. The maximum absolute atomic E-state index is 13.5. The third-order valence-corrected chi connectivity index (χ3v) is 8.90. The molecule has 0 aliphatic carbocycles. The Morgan fingerprint density at radius 1 is 1.00 bits per heavy atom. The molecule has 2 amide bonds. The fraction of sp³-hybridized carbons (Fsp3) is 0.333. The summed E-state index contributed by atoms with van der Waals surface area (Å²) in [5, 5.41) is 6.21. The van der Waals surface area contributed by atoms with E-state index < -0.39 is 6.04 Å². The van der Waals surface area contributed by atoms with Gasteiger partial charge in [0.05, 0.1) is 18.0 Å². The van der Waals surface area contributed by atoms with Gasteiger partial charge >= 0.3 is 0 Å². The lowest BCUT2D eigenvalue weighted by atomic mass is 9.84. The molecule has 5 rings (SSSR count). The highest BCUT2D eigenvalue weighted by molar-refractivity contribution is 7.10. The van der Waals surface area contributed by atoms with E-state index in [1.54, 1.807) is 11.3 Å². The van der Waals surface area contributed by atoms with Crippen LogP contribution in [0.1, 0.15) is 46.1 Å². The number of fused-ring (bicyclic) bond motifs is 1. The van der Waals surface area contributed by atoms with Crippen LogP contribution < -0.4 is 5.32 Å². The first-order valence-electron chi connectivity index (χ1n) is 12.8. The Morgan fingerprint density at radius 2 is 1.76 bits per heavy atom. The zero-order valence-corrected chi connectivity index (χ0v) is 22.5. The molecule has 0 bridgehead atoms. The Balaban J connectivity index is 1.33. The second-order valence-electron chi connectivity index (χ2n) is 10.1. The summed E-state index contributed by atoms with van der Waals surface area (Å²) >= 11 is 1.79. The highest BCUT2D eigenvalue weighted by Gasteiger charge is 2.40. The molecule has 4 aromatic rings. The van der Waals surface area contributed by atoms with Crippen LogP contribution in [0.3, 0.4) is 0 Å². The van der Waals surface area contributed by atoms with Crippen LogP contribution >= 0.6 is 11.3 Å². The Bertz CT molecular complexity index is 1370. The molecule has 7 heteroatoms. The van der Waals surface area contributed by atoms with E-state index in [2.05, 4.69) is 41.8 Å². The van der Waals surface area contributed by atoms with Crippen molar-refractivity contribution < 1.29 is 9.59 Å². The molecule has 37 heavy (non-hydrogen) atoms. The van der Waals surface area contributed by atoms with Crippen molar-refractivity contribution in [3.05, 3.63) is 94.3 Å². The molecule has 1 N–H and O–H groups in total. The molecule has 0 radical (unpaired) electrons. The third kappa shape index (κ3) is 4.93. The van der Waals surface area contributed by atoms with Crippen LogP contribution in [0.5, 0.6) is 0 Å². The molecule has 0 saturated carbocycles. The number of aromatic nitrogens is 1. The van der Waals surface area contributed by atoms with Gasteiger partial charge < -0.3 is 14.8 Å². The van der Waals surface area contributed by atoms with Gasteiger partial charge in [0.15, 0.2) is 0 Å². The van der Waals surface area contributed by atoms with Gasteiger partial charge in [0, 0.05) is 47.7 Å². The summed E-state index contributed by atoms with van der Waals surface area (Å²) < 4.78 is 2.00. The van der Waals surface area contributed by atoms with Gasteiger partial charge in [0.2, 0.25) is 5.91 Å². The Kier molecular flexibility index (Phi) is 7.17. The average Bonchev–Trinajstić information content (AvgIpc) is 3.59. The number of hydrogen-bond acceptors (Lipinski definition) is 4. The summed E-state index contributed by atoms with van der Waals surface area (Å²) in [6.07, 6.45) is 3.98. The van der Waals surface area contributed by atoms with Crippen LogP contribution in [-0.2, 0) is 17.4 Å². The molecule has 3 heterocycles. The van der Waals surface area contributed by atoms with E-state index in [4.69, 9.17) is 0 Å². The third-order valence-electron chi connectivity index (χ3n) is 7.84. The summed E-state index contributed by atoms with van der Waals surface area (Å²) in [5.41, 5.74) is 2.52. The van der Waals surface area contributed by atoms with Gasteiger partial charge in [-0.2, -0.15) is 0 Å². The first kappa shape index (κ1) is 25.2. The molecule has 1 aliphatic rings. The molecule has 2 aromatic carbocycles. The number of carbonyl (C=O) groups is 2. The van der Waals surface area contributed by atoms with E-state index in [1.807, 2.05) is 77.3 Å². The van der Waals surface area contributed by atoms with Crippen molar-refractivity contribution in [1.29, 1.82) is 0 Å². The maximum atomic E-state index is 13.5. The number of aryl methyl sites for hydroxylation is 1. The molecule has 1 unspecified atom stereocenters. The number of carbonyl (C=O) groups excluding carboxylic acids is 2. The fourth-order valence-corrected chi connectivity index (χ4v) is 6.63. The first-order valence-corrected chi connectivity index (χ1v) is 13.7. The molecule has 192 valence electrons. The first-order chi connectivity index (χ1) is 17.9. The van der Waals surface area contributed by atoms with Crippen molar-refractivity contribution in [2.24, 2.45) is 7.05 Å². The van der Waals surface area contributed by atoms with Crippen LogP contribution in [-0.4, -0.2) is 53.4 Å². The van der Waals surface area contributed by atoms with Crippen molar-refractivity contribution in [3.63, 3.8) is 0 Å². The van der Waals surface area contributed by atoms with Crippen LogP contribution in [0, 0.1) is 0 Å². The van der Waals surface area contributed by atoms with E-state index >= 15 is 0 Å². The number of amides is 2. The minimum Gasteiger partial charge on any atom is -0.351 e. The highest BCUT2D eigenvalue weighted by Crippen LogP contribution is 2.40. The van der Waals surface area contributed by atoms with Crippen molar-refractivity contribution in [1.82, 2.24) is 19.7 Å². The summed E-state index contributed by atoms with van der Waals surface area (Å²) in [6.45, 7) is 1.40. The standard InChI is InChI=1S/C30H34N4O2S/c1-32(2)30(27-13-8-20-37-27)15-18-34(19-16-30)28(35)21-25(22-9-5-4-6-10-22)31-29(36)24-11-7-12-26-23(24)14-17-33(26)3/h4-14,17,20,25H,15-16,18-19,21H2,1-3H3,(H,31,36). The predicted octanol–water partition coefficient (Wildman–Crippen LogP) is 5.18. The Labute approximate surface area is 222 Å². The number of thiophene rings is 1. The molecular weight excluding hydrogens is 480 g/mol. The van der Waals surface area contributed by atoms with Crippen LogP contribution in [0.15, 0.2) is 78.3 Å². The molecule has 6 nitrogen and oxygen atoms in total. The molecule has 2 aromatic heterocycles. The summed E-state index contributed by atoms with van der Waals surface area (Å²) in [5.74, 6) is -0.0907. The number of nitrogens with one attached hydrogen (secondary N) is 1. The SMILES string of the molecule is CN(C)C1(c2cccs2)CCN(C(=O)CC(NC(=O)c2cccc3c2ccn3C)c2ccccc2)CC1. The van der Waals surface area contributed by atoms with E-state index in [-0.39, 0.29) is 23.8 Å². The average molecular weight is 515 g/mol. The quantitative estimate of drug-likeness (QED) is 0.370. The lowest BCUT2D eigenvalue weighted by Crippen LogP contribution is -2.51. The zero-order valence-electron chi connectivity index (χ0n) is 21.7. The van der Waals surface area contributed by atoms with Crippen LogP contribution in [0.2, 0.25) is 0 Å². The molecule has 0 spiro atoms. The summed E-state index contributed by atoms with van der Waals surface area (Å²) in [6, 6.07) is 21.4. The highest BCUT2D eigenvalue weighted by atomic mass is 32.1. The number of likely N-dealkylation sites (tertiary alicyclic amines) is 1. The zero-order chi connectivity index (χ0) is 26.0. The van der Waals surface area contributed by atoms with Gasteiger partial charge in [-0.1, -0.05) is 42.5 Å². The number of benzene rings is 2. The Hall–Kier alpha value is -3.42. The largest absolute Gasteiger partial charge is 0.351 e. The second-order valence-corrected chi connectivity index (χ2v) is 11.0. The number of hydrogen-bond donors (Lipinski definition) is 1. The van der Waals surface area contributed by atoms with Gasteiger partial charge in [-0.3, -0.25) is 14.5 Å². The van der Waals surface area contributed by atoms with E-state index in [0.717, 1.165) is 29.3 Å². The van der Waals surface area contributed by atoms with Crippen molar-refractivity contribution >= 4 is 34.1 Å². The molecular formula is C30H34N4O2S. The lowest BCUT2D eigenvalue weighted by molar-refractivity contribution is -0.134. The van der Waals surface area contributed by atoms with E-state index in [1.165, 1.54) is 4.88 Å². The van der Waals surface area contributed by atoms with Crippen molar-refractivity contribution in [2.45, 2.75) is 30.8 Å². The minimum absolute atomic E-state index is 0.0354. The van der Waals surface area contributed by atoms with E-state index in [9.17, 15) is 9.59 Å². The topological polar surface area (TPSA) is 57.6 Å².